The lowest BCUT2D eigenvalue weighted by atomic mass is 10.1. The molecule has 1 unspecified atom stereocenters. The Balaban J connectivity index is 2.94. The SMILES string of the molecule is Cc1nc(C)c(C(O)C(C)C)s1. The van der Waals surface area contributed by atoms with E-state index in [0.29, 0.717) is 0 Å². The van der Waals surface area contributed by atoms with Gasteiger partial charge in [0, 0.05) is 0 Å². The van der Waals surface area contributed by atoms with Crippen LogP contribution in [-0.4, -0.2) is 10.1 Å². The Hall–Kier alpha value is -0.410. The van der Waals surface area contributed by atoms with E-state index in [1.807, 2.05) is 27.7 Å². The van der Waals surface area contributed by atoms with Crippen LogP contribution >= 0.6 is 11.3 Å². The number of hydrogen-bond acceptors (Lipinski definition) is 3. The molecule has 1 N–H and O–H groups in total. The van der Waals surface area contributed by atoms with Gasteiger partial charge in [0.05, 0.1) is 21.7 Å². The number of aliphatic hydroxyl groups is 1. The molecule has 68 valence electrons. The number of hydrogen-bond donors (Lipinski definition) is 1. The second-order valence-corrected chi connectivity index (χ2v) is 4.61. The third kappa shape index (κ3) is 1.84. The van der Waals surface area contributed by atoms with Crippen molar-refractivity contribution in [1.82, 2.24) is 4.98 Å². The monoisotopic (exact) mass is 185 g/mol. The van der Waals surface area contributed by atoms with Gasteiger partial charge < -0.3 is 5.11 Å². The van der Waals surface area contributed by atoms with Crippen molar-refractivity contribution >= 4 is 11.3 Å². The van der Waals surface area contributed by atoms with Crippen LogP contribution in [0.4, 0.5) is 0 Å². The van der Waals surface area contributed by atoms with E-state index in [2.05, 4.69) is 4.98 Å². The highest BCUT2D eigenvalue weighted by molar-refractivity contribution is 7.11. The van der Waals surface area contributed by atoms with Crippen LogP contribution in [0.15, 0.2) is 0 Å². The van der Waals surface area contributed by atoms with Crippen molar-refractivity contribution < 1.29 is 5.11 Å². The van der Waals surface area contributed by atoms with Gasteiger partial charge in [-0.05, 0) is 19.8 Å². The average Bonchev–Trinajstić information content (AvgIpc) is 2.28. The normalized spacial score (nSPS) is 13.8. The lowest BCUT2D eigenvalue weighted by Gasteiger charge is -2.12. The Morgan fingerprint density at radius 1 is 1.33 bits per heavy atom. The molecule has 1 aromatic heterocycles. The summed E-state index contributed by atoms with van der Waals surface area (Å²) in [5.41, 5.74) is 0.971. The average molecular weight is 185 g/mol. The first-order chi connectivity index (χ1) is 5.52. The van der Waals surface area contributed by atoms with Crippen molar-refractivity contribution in [2.75, 3.05) is 0 Å². The van der Waals surface area contributed by atoms with Gasteiger partial charge in [-0.3, -0.25) is 0 Å². The molecule has 1 aromatic rings. The second kappa shape index (κ2) is 3.54. The van der Waals surface area contributed by atoms with Gasteiger partial charge in [-0.2, -0.15) is 0 Å². The topological polar surface area (TPSA) is 33.1 Å². The third-order valence-electron chi connectivity index (χ3n) is 1.84. The molecule has 2 nitrogen and oxygen atoms in total. The fourth-order valence-corrected chi connectivity index (χ4v) is 2.21. The van der Waals surface area contributed by atoms with E-state index in [1.165, 1.54) is 0 Å². The first kappa shape index (κ1) is 9.68. The molecule has 0 saturated carbocycles. The van der Waals surface area contributed by atoms with Gasteiger partial charge in [0.15, 0.2) is 0 Å². The van der Waals surface area contributed by atoms with Crippen LogP contribution in [0.5, 0.6) is 0 Å². The molecule has 0 aromatic carbocycles. The minimum Gasteiger partial charge on any atom is -0.387 e. The zero-order valence-electron chi connectivity index (χ0n) is 7.96. The number of aliphatic hydroxyl groups excluding tert-OH is 1. The first-order valence-corrected chi connectivity index (χ1v) is 4.96. The van der Waals surface area contributed by atoms with Gasteiger partial charge >= 0.3 is 0 Å². The quantitative estimate of drug-likeness (QED) is 0.767. The second-order valence-electron chi connectivity index (χ2n) is 3.37. The molecule has 0 fully saturated rings. The molecule has 0 saturated heterocycles. The van der Waals surface area contributed by atoms with Crippen molar-refractivity contribution in [2.24, 2.45) is 5.92 Å². The van der Waals surface area contributed by atoms with E-state index in [0.717, 1.165) is 15.6 Å². The Bertz CT molecular complexity index is 267. The summed E-state index contributed by atoms with van der Waals surface area (Å²) in [6.07, 6.45) is -0.351. The maximum absolute atomic E-state index is 9.76. The Morgan fingerprint density at radius 3 is 2.25 bits per heavy atom. The molecule has 0 aliphatic carbocycles. The predicted octanol–water partition coefficient (Wildman–Crippen LogP) is 2.45. The summed E-state index contributed by atoms with van der Waals surface area (Å²) in [7, 11) is 0. The van der Waals surface area contributed by atoms with Gasteiger partial charge in [0.1, 0.15) is 0 Å². The van der Waals surface area contributed by atoms with Gasteiger partial charge in [-0.1, -0.05) is 13.8 Å². The van der Waals surface area contributed by atoms with Crippen molar-refractivity contribution in [1.29, 1.82) is 0 Å². The maximum Gasteiger partial charge on any atom is 0.0923 e. The molecule has 1 rings (SSSR count). The van der Waals surface area contributed by atoms with Crippen LogP contribution in [-0.2, 0) is 0 Å². The molecule has 3 heteroatoms. The fraction of sp³-hybridized carbons (Fsp3) is 0.667. The summed E-state index contributed by atoms with van der Waals surface area (Å²) < 4.78 is 0. The first-order valence-electron chi connectivity index (χ1n) is 4.14. The largest absolute Gasteiger partial charge is 0.387 e. The molecule has 0 bridgehead atoms. The lowest BCUT2D eigenvalue weighted by Crippen LogP contribution is -2.04. The van der Waals surface area contributed by atoms with Crippen molar-refractivity contribution in [3.05, 3.63) is 15.6 Å². The molecule has 0 amide bonds. The van der Waals surface area contributed by atoms with Gasteiger partial charge in [0.25, 0.3) is 0 Å². The minimum atomic E-state index is -0.351. The van der Waals surface area contributed by atoms with Crippen LogP contribution in [0.3, 0.4) is 0 Å². The van der Waals surface area contributed by atoms with Crippen LogP contribution in [0, 0.1) is 19.8 Å². The Labute approximate surface area is 77.3 Å². The van der Waals surface area contributed by atoms with E-state index in [9.17, 15) is 5.11 Å². The third-order valence-corrected chi connectivity index (χ3v) is 2.98. The zero-order chi connectivity index (χ0) is 9.30. The number of nitrogens with zero attached hydrogens (tertiary/aromatic N) is 1. The van der Waals surface area contributed by atoms with Crippen LogP contribution < -0.4 is 0 Å². The summed E-state index contributed by atoms with van der Waals surface area (Å²) in [6, 6.07) is 0. The number of rotatable bonds is 2. The van der Waals surface area contributed by atoms with E-state index >= 15 is 0 Å². The number of thiazole rings is 1. The lowest BCUT2D eigenvalue weighted by molar-refractivity contribution is 0.129. The van der Waals surface area contributed by atoms with E-state index < -0.39 is 0 Å². The molecular weight excluding hydrogens is 170 g/mol. The molecular formula is C9H15NOS. The van der Waals surface area contributed by atoms with Gasteiger partial charge in [-0.25, -0.2) is 4.98 Å². The van der Waals surface area contributed by atoms with E-state index in [4.69, 9.17) is 0 Å². The molecule has 1 heterocycles. The summed E-state index contributed by atoms with van der Waals surface area (Å²) in [5.74, 6) is 0.267. The van der Waals surface area contributed by atoms with E-state index in [1.54, 1.807) is 11.3 Å². The molecule has 0 aliphatic rings. The summed E-state index contributed by atoms with van der Waals surface area (Å²) in [4.78, 5) is 5.29. The number of aromatic nitrogens is 1. The Morgan fingerprint density at radius 2 is 1.92 bits per heavy atom. The zero-order valence-corrected chi connectivity index (χ0v) is 8.77. The molecule has 1 atom stereocenters. The molecule has 0 aliphatic heterocycles. The number of aryl methyl sites for hydroxylation is 2. The summed E-state index contributed by atoms with van der Waals surface area (Å²) in [6.45, 7) is 7.94. The van der Waals surface area contributed by atoms with Crippen LogP contribution in [0.25, 0.3) is 0 Å². The summed E-state index contributed by atoms with van der Waals surface area (Å²) >= 11 is 1.59. The Kier molecular flexibility index (Phi) is 2.85. The molecule has 0 radical (unpaired) electrons. The fourth-order valence-electron chi connectivity index (χ4n) is 1.12. The highest BCUT2D eigenvalue weighted by Crippen LogP contribution is 2.29. The van der Waals surface area contributed by atoms with Crippen LogP contribution in [0.2, 0.25) is 0 Å². The highest BCUT2D eigenvalue weighted by atomic mass is 32.1. The van der Waals surface area contributed by atoms with Crippen LogP contribution in [0.1, 0.15) is 35.5 Å². The van der Waals surface area contributed by atoms with Gasteiger partial charge in [-0.15, -0.1) is 11.3 Å². The standard InChI is InChI=1S/C9H15NOS/c1-5(2)8(11)9-6(3)10-7(4)12-9/h5,8,11H,1-4H3. The minimum absolute atomic E-state index is 0.267. The summed E-state index contributed by atoms with van der Waals surface area (Å²) in [5, 5.41) is 10.8. The maximum atomic E-state index is 9.76. The molecule has 12 heavy (non-hydrogen) atoms. The van der Waals surface area contributed by atoms with Crippen molar-refractivity contribution in [2.45, 2.75) is 33.8 Å². The smallest absolute Gasteiger partial charge is 0.0923 e. The van der Waals surface area contributed by atoms with Crippen molar-refractivity contribution in [3.63, 3.8) is 0 Å². The van der Waals surface area contributed by atoms with Gasteiger partial charge in [0.2, 0.25) is 0 Å². The predicted molar refractivity (Wildman–Crippen MR) is 51.4 cm³/mol. The van der Waals surface area contributed by atoms with E-state index in [-0.39, 0.29) is 12.0 Å². The van der Waals surface area contributed by atoms with Crippen molar-refractivity contribution in [3.8, 4) is 0 Å². The molecule has 0 spiro atoms. The highest BCUT2D eigenvalue weighted by Gasteiger charge is 2.17.